The van der Waals surface area contributed by atoms with Gasteiger partial charge in [0.15, 0.2) is 0 Å². The third-order valence-corrected chi connectivity index (χ3v) is 11.7. The first-order valence-electron chi connectivity index (χ1n) is 19.8. The normalized spacial score (nSPS) is 13.4. The smallest absolute Gasteiger partial charge is 0.123 e. The molecule has 0 amide bonds. The van der Waals surface area contributed by atoms with E-state index in [1.54, 1.807) is 0 Å². The van der Waals surface area contributed by atoms with Crippen LogP contribution in [0.2, 0.25) is 0 Å². The van der Waals surface area contributed by atoms with Crippen molar-refractivity contribution in [3.8, 4) is 35.0 Å². The van der Waals surface area contributed by atoms with Gasteiger partial charge in [0, 0.05) is 56.2 Å². The highest BCUT2D eigenvalue weighted by molar-refractivity contribution is 6.23. The maximum absolute atomic E-state index is 11.2. The molecule has 0 unspecified atom stereocenters. The number of nitriles is 2. The average Bonchev–Trinajstić information content (AvgIpc) is 3.87. The van der Waals surface area contributed by atoms with Gasteiger partial charge in [-0.25, -0.2) is 0 Å². The molecule has 1 aliphatic heterocycles. The van der Waals surface area contributed by atoms with Gasteiger partial charge in [-0.05, 0) is 73.9 Å². The summed E-state index contributed by atoms with van der Waals surface area (Å²) >= 11 is 0. The summed E-state index contributed by atoms with van der Waals surface area (Å²) in [5.41, 5.74) is 13.7. The maximum Gasteiger partial charge on any atom is 0.123 e. The minimum atomic E-state index is 0.163. The zero-order valence-corrected chi connectivity index (χ0v) is 32.4. The number of allylic oxidation sites excluding steroid dienone is 3. The lowest BCUT2D eigenvalue weighted by atomic mass is 10.0. The molecular formula is C52H39N5O. The van der Waals surface area contributed by atoms with Gasteiger partial charge in [-0.15, -0.1) is 0 Å². The molecule has 10 rings (SSSR count). The van der Waals surface area contributed by atoms with Gasteiger partial charge in [0.05, 0.1) is 51.5 Å². The zero-order chi connectivity index (χ0) is 39.3. The van der Waals surface area contributed by atoms with Crippen LogP contribution >= 0.6 is 0 Å². The molecule has 278 valence electrons. The molecule has 1 aliphatic rings. The van der Waals surface area contributed by atoms with E-state index in [0.29, 0.717) is 18.6 Å². The molecule has 0 bridgehead atoms. The van der Waals surface area contributed by atoms with Crippen LogP contribution in [-0.2, 0) is 25.9 Å². The number of rotatable bonds is 5. The first-order chi connectivity index (χ1) is 28.6. The van der Waals surface area contributed by atoms with E-state index in [1.165, 1.54) is 0 Å². The third-order valence-electron chi connectivity index (χ3n) is 11.7. The van der Waals surface area contributed by atoms with Crippen LogP contribution in [0.15, 0.2) is 146 Å². The van der Waals surface area contributed by atoms with E-state index in [4.69, 9.17) is 4.74 Å². The van der Waals surface area contributed by atoms with Crippen molar-refractivity contribution >= 4 is 49.7 Å². The number of fused-ring (bicyclic) bond motifs is 9. The minimum Gasteiger partial charge on any atom is -0.489 e. The van der Waals surface area contributed by atoms with Gasteiger partial charge in [-0.3, -0.25) is 0 Å². The van der Waals surface area contributed by atoms with Gasteiger partial charge in [-0.1, -0.05) is 109 Å². The quantitative estimate of drug-likeness (QED) is 0.165. The Morgan fingerprint density at radius 3 is 2.05 bits per heavy atom. The van der Waals surface area contributed by atoms with Gasteiger partial charge in [0.1, 0.15) is 18.4 Å². The van der Waals surface area contributed by atoms with Crippen LogP contribution < -0.4 is 4.74 Å². The molecule has 0 fully saturated rings. The molecule has 0 atom stereocenters. The van der Waals surface area contributed by atoms with Crippen LogP contribution in [0.1, 0.15) is 46.1 Å². The molecule has 0 aliphatic carbocycles. The van der Waals surface area contributed by atoms with Crippen molar-refractivity contribution in [2.45, 2.75) is 39.7 Å². The van der Waals surface area contributed by atoms with Crippen molar-refractivity contribution in [2.75, 3.05) is 0 Å². The highest BCUT2D eigenvalue weighted by Crippen LogP contribution is 2.43. The van der Waals surface area contributed by atoms with E-state index in [0.717, 1.165) is 106 Å². The summed E-state index contributed by atoms with van der Waals surface area (Å²) in [6, 6.07) is 49.3. The molecule has 6 aromatic carbocycles. The Balaban J connectivity index is 1.27. The molecule has 0 N–H and O–H groups in total. The first kappa shape index (κ1) is 34.9. The Hall–Kier alpha value is -7.54. The van der Waals surface area contributed by atoms with Crippen LogP contribution in [0.25, 0.3) is 66.7 Å². The van der Waals surface area contributed by atoms with E-state index in [2.05, 4.69) is 160 Å². The van der Waals surface area contributed by atoms with E-state index in [9.17, 15) is 10.5 Å². The number of ether oxygens (including phenoxy) is 1. The van der Waals surface area contributed by atoms with E-state index >= 15 is 0 Å². The average molecular weight is 750 g/mol. The van der Waals surface area contributed by atoms with Crippen LogP contribution in [-0.4, -0.2) is 13.7 Å². The lowest BCUT2D eigenvalue weighted by Crippen LogP contribution is -2.10. The van der Waals surface area contributed by atoms with Crippen LogP contribution in [0.4, 0.5) is 0 Å². The third kappa shape index (κ3) is 5.38. The van der Waals surface area contributed by atoms with E-state index < -0.39 is 0 Å². The highest BCUT2D eigenvalue weighted by Gasteiger charge is 2.26. The molecule has 0 radical (unpaired) electrons. The maximum atomic E-state index is 11.2. The lowest BCUT2D eigenvalue weighted by molar-refractivity contribution is 0.302. The van der Waals surface area contributed by atoms with Crippen molar-refractivity contribution in [1.82, 2.24) is 13.7 Å². The molecule has 0 saturated heterocycles. The lowest BCUT2D eigenvalue weighted by Gasteiger charge is -2.20. The molecule has 0 spiro atoms. The highest BCUT2D eigenvalue weighted by atomic mass is 16.5. The van der Waals surface area contributed by atoms with Crippen molar-refractivity contribution in [3.05, 3.63) is 185 Å². The standard InChI is InChI=1S/C52H39N5O/c1-3-15-39-34(2)55(47-24-11-7-16-35-17-8-14-25-50(35)58-33-44(39)47)48-31-37(32-54)49(30-36(48)28-29-53)57-46-23-13-10-21-41(46)43-27-26-42-40-20-9-12-22-45(40)56(51(42)52(43)57)38-18-5-4-6-19-38/h3-15,17-23,25-27,30-31H,16,24,28,33H2,1-2H3/b11-7-,15-3-. The van der Waals surface area contributed by atoms with E-state index in [-0.39, 0.29) is 6.42 Å². The van der Waals surface area contributed by atoms with Crippen molar-refractivity contribution in [3.63, 3.8) is 0 Å². The fourth-order valence-electron chi connectivity index (χ4n) is 9.22. The second-order valence-electron chi connectivity index (χ2n) is 14.9. The van der Waals surface area contributed by atoms with Gasteiger partial charge in [-0.2, -0.15) is 10.5 Å². The Kier molecular flexibility index (Phi) is 8.54. The topological polar surface area (TPSA) is 71.6 Å². The Bertz CT molecular complexity index is 3250. The number of para-hydroxylation sites is 4. The molecule has 0 saturated carbocycles. The molecule has 9 aromatic rings. The summed E-state index contributed by atoms with van der Waals surface area (Å²) in [5, 5.41) is 26.1. The van der Waals surface area contributed by atoms with Gasteiger partial charge in [0.25, 0.3) is 0 Å². The SMILES string of the molecule is C/C=C\c1c2c(n(-c3cc(C#N)c(-n4c5ccccc5c5ccc6c7ccccc7n(-c7ccccc7)c6c54)cc3CC#N)c1C)C/C=C\Cc1ccccc1OC2. The summed E-state index contributed by atoms with van der Waals surface area (Å²) in [4.78, 5) is 0. The minimum absolute atomic E-state index is 0.163. The van der Waals surface area contributed by atoms with Crippen molar-refractivity contribution in [1.29, 1.82) is 10.5 Å². The van der Waals surface area contributed by atoms with Gasteiger partial charge in [0.2, 0.25) is 0 Å². The number of benzene rings is 6. The molecule has 4 heterocycles. The molecule has 6 nitrogen and oxygen atoms in total. The van der Waals surface area contributed by atoms with Crippen LogP contribution in [0, 0.1) is 29.6 Å². The van der Waals surface area contributed by atoms with Crippen LogP contribution in [0.5, 0.6) is 5.75 Å². The van der Waals surface area contributed by atoms with Crippen molar-refractivity contribution in [2.24, 2.45) is 0 Å². The predicted molar refractivity (Wildman–Crippen MR) is 235 cm³/mol. The summed E-state index contributed by atoms with van der Waals surface area (Å²) in [7, 11) is 0. The summed E-state index contributed by atoms with van der Waals surface area (Å²) in [5.74, 6) is 0.879. The predicted octanol–water partition coefficient (Wildman–Crippen LogP) is 12.2. The molecule has 58 heavy (non-hydrogen) atoms. The summed E-state index contributed by atoms with van der Waals surface area (Å²) < 4.78 is 13.4. The Labute approximate surface area is 337 Å². The van der Waals surface area contributed by atoms with Crippen molar-refractivity contribution < 1.29 is 4.74 Å². The fraction of sp³-hybridized carbons (Fsp3) is 0.115. The number of aromatic nitrogens is 3. The van der Waals surface area contributed by atoms with Gasteiger partial charge >= 0.3 is 0 Å². The van der Waals surface area contributed by atoms with Gasteiger partial charge < -0.3 is 18.4 Å². The molecule has 3 aromatic heterocycles. The number of nitrogens with zero attached hydrogens (tertiary/aromatic N) is 5. The second kappa shape index (κ2) is 14.2. The fourth-order valence-corrected chi connectivity index (χ4v) is 9.22. The zero-order valence-electron chi connectivity index (χ0n) is 32.4. The number of hydrogen-bond acceptors (Lipinski definition) is 3. The second-order valence-corrected chi connectivity index (χ2v) is 14.9. The molecule has 6 heteroatoms. The number of hydrogen-bond donors (Lipinski definition) is 0. The molecular weight excluding hydrogens is 711 g/mol. The Morgan fingerprint density at radius 2 is 1.33 bits per heavy atom. The van der Waals surface area contributed by atoms with Crippen LogP contribution in [0.3, 0.4) is 0 Å². The summed E-state index contributed by atoms with van der Waals surface area (Å²) in [6.45, 7) is 4.56. The first-order valence-corrected chi connectivity index (χ1v) is 19.8. The monoisotopic (exact) mass is 749 g/mol. The largest absolute Gasteiger partial charge is 0.489 e. The van der Waals surface area contributed by atoms with E-state index in [1.807, 2.05) is 31.2 Å². The Morgan fingerprint density at radius 1 is 0.672 bits per heavy atom. The summed E-state index contributed by atoms with van der Waals surface area (Å²) in [6.07, 6.45) is 10.3.